The van der Waals surface area contributed by atoms with Crippen molar-refractivity contribution in [1.29, 1.82) is 0 Å². The highest BCUT2D eigenvalue weighted by molar-refractivity contribution is 5.72. The highest BCUT2D eigenvalue weighted by Gasteiger charge is 2.51. The van der Waals surface area contributed by atoms with Gasteiger partial charge in [-0.15, -0.1) is 0 Å². The molecule has 2 atom stereocenters. The molecule has 0 unspecified atom stereocenters. The molecule has 22 heavy (non-hydrogen) atoms. The maximum atomic E-state index is 12.6. The minimum absolute atomic E-state index is 0.159. The van der Waals surface area contributed by atoms with Gasteiger partial charge in [0.05, 0.1) is 18.2 Å². The van der Waals surface area contributed by atoms with Gasteiger partial charge in [-0.25, -0.2) is 4.79 Å². The molecule has 1 aromatic rings. The Morgan fingerprint density at radius 1 is 1.36 bits per heavy atom. The zero-order valence-corrected chi connectivity index (χ0v) is 14.3. The van der Waals surface area contributed by atoms with Crippen molar-refractivity contribution in [2.75, 3.05) is 6.54 Å². The number of ether oxygens (including phenoxy) is 1. The highest BCUT2D eigenvalue weighted by Crippen LogP contribution is 2.43. The van der Waals surface area contributed by atoms with E-state index in [9.17, 15) is 9.90 Å². The van der Waals surface area contributed by atoms with Crippen molar-refractivity contribution in [3.05, 3.63) is 23.5 Å². The first-order valence-corrected chi connectivity index (χ1v) is 7.66. The number of aliphatic hydroxyl groups excluding tert-OH is 1. The number of hydrogen-bond donors (Lipinski definition) is 1. The quantitative estimate of drug-likeness (QED) is 0.866. The number of aryl methyl sites for hydroxylation is 2. The van der Waals surface area contributed by atoms with Gasteiger partial charge in [0.15, 0.2) is 0 Å². The van der Waals surface area contributed by atoms with Crippen LogP contribution in [0.3, 0.4) is 0 Å². The summed E-state index contributed by atoms with van der Waals surface area (Å²) in [5.74, 6) is 0.493. The fourth-order valence-electron chi connectivity index (χ4n) is 3.04. The van der Waals surface area contributed by atoms with E-state index in [1.165, 1.54) is 0 Å². The summed E-state index contributed by atoms with van der Waals surface area (Å²) in [5.41, 5.74) is 1.01. The predicted molar refractivity (Wildman–Crippen MR) is 84.9 cm³/mol. The van der Waals surface area contributed by atoms with Crippen LogP contribution in [0, 0.1) is 19.3 Å². The molecule has 1 fully saturated rings. The number of carbonyl (C=O) groups excluding carboxylic acids is 1. The van der Waals surface area contributed by atoms with Crippen LogP contribution >= 0.6 is 0 Å². The summed E-state index contributed by atoms with van der Waals surface area (Å²) in [5, 5.41) is 10.0. The molecular formula is C17H26N2O3. The number of carbonyl (C=O) groups is 1. The molecule has 122 valence electrons. The number of likely N-dealkylation sites (tertiary alicyclic amines) is 1. The minimum atomic E-state index is -0.516. The first-order valence-electron chi connectivity index (χ1n) is 7.66. The Balaban J connectivity index is 2.24. The number of amides is 1. The van der Waals surface area contributed by atoms with Crippen LogP contribution in [0.15, 0.2) is 12.1 Å². The summed E-state index contributed by atoms with van der Waals surface area (Å²) in [7, 11) is 0. The van der Waals surface area contributed by atoms with Crippen LogP contribution in [0.4, 0.5) is 4.79 Å². The van der Waals surface area contributed by atoms with E-state index < -0.39 is 17.7 Å². The van der Waals surface area contributed by atoms with Crippen molar-refractivity contribution in [3.8, 4) is 5.75 Å². The fraction of sp³-hybridized carbons (Fsp3) is 0.647. The number of hydrogen-bond acceptors (Lipinski definition) is 4. The molecule has 0 aromatic carbocycles. The van der Waals surface area contributed by atoms with Gasteiger partial charge in [0, 0.05) is 23.5 Å². The average Bonchev–Trinajstić information content (AvgIpc) is 2.64. The average molecular weight is 306 g/mol. The van der Waals surface area contributed by atoms with Crippen LogP contribution in [-0.4, -0.2) is 39.3 Å². The SMILES string of the molecule is Cc1cc(OC(=O)N2C[C@H](O)C[C@]2(C)C(C)(C)C)cc(C)n1. The van der Waals surface area contributed by atoms with Gasteiger partial charge in [0.1, 0.15) is 5.75 Å². The van der Waals surface area contributed by atoms with E-state index in [4.69, 9.17) is 4.74 Å². The van der Waals surface area contributed by atoms with E-state index in [0.717, 1.165) is 11.4 Å². The van der Waals surface area contributed by atoms with E-state index in [0.29, 0.717) is 18.7 Å². The number of β-amino-alcohol motifs (C(OH)–C–C–N with tert-alkyl or cyclic N) is 1. The molecule has 2 rings (SSSR count). The van der Waals surface area contributed by atoms with Gasteiger partial charge in [-0.05, 0) is 32.6 Å². The van der Waals surface area contributed by atoms with E-state index >= 15 is 0 Å². The van der Waals surface area contributed by atoms with Crippen LogP contribution < -0.4 is 4.74 Å². The lowest BCUT2D eigenvalue weighted by molar-refractivity contribution is 0.0478. The highest BCUT2D eigenvalue weighted by atomic mass is 16.6. The van der Waals surface area contributed by atoms with Crippen molar-refractivity contribution < 1.29 is 14.6 Å². The minimum Gasteiger partial charge on any atom is -0.410 e. The van der Waals surface area contributed by atoms with Gasteiger partial charge in [0.25, 0.3) is 0 Å². The second kappa shape index (κ2) is 5.54. The molecule has 1 saturated heterocycles. The Kier molecular flexibility index (Phi) is 4.22. The van der Waals surface area contributed by atoms with Crippen molar-refractivity contribution >= 4 is 6.09 Å². The van der Waals surface area contributed by atoms with Crippen molar-refractivity contribution in [2.24, 2.45) is 5.41 Å². The van der Waals surface area contributed by atoms with Gasteiger partial charge < -0.3 is 9.84 Å². The molecule has 0 bridgehead atoms. The molecule has 1 N–H and O–H groups in total. The molecule has 5 heteroatoms. The number of pyridine rings is 1. The third kappa shape index (κ3) is 3.09. The maximum absolute atomic E-state index is 12.6. The predicted octanol–water partition coefficient (Wildman–Crippen LogP) is 3.07. The normalized spacial score (nSPS) is 25.4. The summed E-state index contributed by atoms with van der Waals surface area (Å²) in [6, 6.07) is 3.48. The molecule has 1 aliphatic heterocycles. The summed E-state index contributed by atoms with van der Waals surface area (Å²) in [6.07, 6.45) is -0.378. The molecule has 0 radical (unpaired) electrons. The van der Waals surface area contributed by atoms with Crippen molar-refractivity contribution in [2.45, 2.75) is 59.6 Å². The first kappa shape index (κ1) is 16.7. The van der Waals surface area contributed by atoms with Gasteiger partial charge in [0.2, 0.25) is 0 Å². The van der Waals surface area contributed by atoms with Crippen LogP contribution in [-0.2, 0) is 0 Å². The summed E-state index contributed by atoms with van der Waals surface area (Å²) in [6.45, 7) is 12.3. The standard InChI is InChI=1S/C17H26N2O3/c1-11-7-14(8-12(2)18-11)22-15(21)19-10-13(20)9-17(19,6)16(3,4)5/h7-8,13,20H,9-10H2,1-6H3/t13-,17-/m1/s1. The van der Waals surface area contributed by atoms with Crippen LogP contribution in [0.5, 0.6) is 5.75 Å². The molecule has 2 heterocycles. The van der Waals surface area contributed by atoms with E-state index in [-0.39, 0.29) is 5.41 Å². The molecule has 0 aliphatic carbocycles. The number of aromatic nitrogens is 1. The molecule has 1 aromatic heterocycles. The smallest absolute Gasteiger partial charge is 0.410 e. The van der Waals surface area contributed by atoms with Gasteiger partial charge >= 0.3 is 6.09 Å². The summed E-state index contributed by atoms with van der Waals surface area (Å²) < 4.78 is 5.53. The molecular weight excluding hydrogens is 280 g/mol. The lowest BCUT2D eigenvalue weighted by atomic mass is 9.73. The lowest BCUT2D eigenvalue weighted by Gasteiger charge is -2.44. The van der Waals surface area contributed by atoms with E-state index in [1.807, 2.05) is 20.8 Å². The summed E-state index contributed by atoms with van der Waals surface area (Å²) >= 11 is 0. The second-order valence-corrected chi connectivity index (χ2v) is 7.45. The van der Waals surface area contributed by atoms with Crippen molar-refractivity contribution in [3.63, 3.8) is 0 Å². The Morgan fingerprint density at radius 3 is 2.41 bits per heavy atom. The zero-order chi connectivity index (χ0) is 16.7. The summed E-state index contributed by atoms with van der Waals surface area (Å²) in [4.78, 5) is 18.5. The second-order valence-electron chi connectivity index (χ2n) is 7.45. The Labute approximate surface area is 132 Å². The fourth-order valence-corrected chi connectivity index (χ4v) is 3.04. The van der Waals surface area contributed by atoms with E-state index in [2.05, 4.69) is 25.8 Å². The third-order valence-electron chi connectivity index (χ3n) is 4.72. The Bertz CT molecular complexity index is 560. The van der Waals surface area contributed by atoms with Crippen LogP contribution in [0.2, 0.25) is 0 Å². The van der Waals surface area contributed by atoms with Crippen LogP contribution in [0.25, 0.3) is 0 Å². The topological polar surface area (TPSA) is 62.7 Å². The molecule has 0 spiro atoms. The Morgan fingerprint density at radius 2 is 1.91 bits per heavy atom. The number of rotatable bonds is 1. The van der Waals surface area contributed by atoms with E-state index in [1.54, 1.807) is 17.0 Å². The molecule has 5 nitrogen and oxygen atoms in total. The van der Waals surface area contributed by atoms with Gasteiger partial charge in [-0.3, -0.25) is 9.88 Å². The molecule has 1 amide bonds. The van der Waals surface area contributed by atoms with Crippen LogP contribution in [0.1, 0.15) is 45.5 Å². The molecule has 0 saturated carbocycles. The largest absolute Gasteiger partial charge is 0.415 e. The lowest BCUT2D eigenvalue weighted by Crippen LogP contribution is -2.54. The number of nitrogens with zero attached hydrogens (tertiary/aromatic N) is 2. The van der Waals surface area contributed by atoms with Gasteiger partial charge in [-0.2, -0.15) is 0 Å². The monoisotopic (exact) mass is 306 g/mol. The first-order chi connectivity index (χ1) is 10.0. The number of aliphatic hydroxyl groups is 1. The third-order valence-corrected chi connectivity index (χ3v) is 4.72. The Hall–Kier alpha value is -1.62. The maximum Gasteiger partial charge on any atom is 0.415 e. The van der Waals surface area contributed by atoms with Crippen molar-refractivity contribution in [1.82, 2.24) is 9.88 Å². The molecule has 1 aliphatic rings. The zero-order valence-electron chi connectivity index (χ0n) is 14.3. The van der Waals surface area contributed by atoms with Gasteiger partial charge in [-0.1, -0.05) is 20.8 Å².